The van der Waals surface area contributed by atoms with Crippen molar-refractivity contribution in [1.82, 2.24) is 10.6 Å². The van der Waals surface area contributed by atoms with Crippen molar-refractivity contribution in [3.05, 3.63) is 77.7 Å². The molecular weight excluding hydrogens is 532 g/mol. The molecule has 1 aromatic heterocycles. The molecule has 0 aliphatic carbocycles. The number of hydrogen-bond acceptors (Lipinski definition) is 9. The van der Waals surface area contributed by atoms with Crippen LogP contribution in [0.3, 0.4) is 0 Å². The second-order valence-electron chi connectivity index (χ2n) is 9.86. The van der Waals surface area contributed by atoms with E-state index in [9.17, 15) is 19.0 Å². The van der Waals surface area contributed by atoms with Crippen LogP contribution in [-0.2, 0) is 13.0 Å². The molecule has 3 aromatic rings. The van der Waals surface area contributed by atoms with Crippen molar-refractivity contribution in [2.75, 3.05) is 42.1 Å². The first kappa shape index (κ1) is 29.8. The maximum atomic E-state index is 13.6. The zero-order valence-corrected chi connectivity index (χ0v) is 23.8. The first-order valence-electron chi connectivity index (χ1n) is 13.6. The van der Waals surface area contributed by atoms with Gasteiger partial charge in [0.25, 0.3) is 5.91 Å². The number of nitrogens with one attached hydrogen (secondary N) is 3. The number of nitrogens with zero attached hydrogens (tertiary/aromatic N) is 1. The zero-order valence-electron chi connectivity index (χ0n) is 23.0. The van der Waals surface area contributed by atoms with Gasteiger partial charge in [0.05, 0.1) is 37.0 Å². The average Bonchev–Trinajstić information content (AvgIpc) is 3.45. The van der Waals surface area contributed by atoms with Crippen LogP contribution < -0.4 is 25.0 Å². The molecular formula is C29H40N4O6S. The summed E-state index contributed by atoms with van der Waals surface area (Å²) in [5, 5.41) is 20.6. The molecule has 1 aliphatic rings. The summed E-state index contributed by atoms with van der Waals surface area (Å²) in [4.78, 5) is 13.6. The van der Waals surface area contributed by atoms with E-state index in [0.717, 1.165) is 24.2 Å². The van der Waals surface area contributed by atoms with Gasteiger partial charge in [0.2, 0.25) is 0 Å². The quantitative estimate of drug-likeness (QED) is 0.175. The van der Waals surface area contributed by atoms with Crippen LogP contribution in [0.4, 0.5) is 11.4 Å². The lowest BCUT2D eigenvalue weighted by atomic mass is 10.0. The standard InChI is InChI=1S/C29H40N4O6S/c1-3-31-23-15-22(16-24(17-23)33-11-4-5-13-40(33,36)37)29(35)32-27(18-26-10-7-12-39-26)28(34)20-30-19-21-8-6-9-25(14-21)38-2/h6-10,12,14-17,27-28,30-31,34,36-37H,3-5,11,13,18-20H2,1-2H3,(H,32,35)/t27-,28+/m0/s1. The van der Waals surface area contributed by atoms with Crippen LogP contribution in [0.15, 0.2) is 65.3 Å². The van der Waals surface area contributed by atoms with Gasteiger partial charge in [0, 0.05) is 43.9 Å². The number of rotatable bonds is 13. The van der Waals surface area contributed by atoms with E-state index in [-0.39, 0.29) is 12.5 Å². The summed E-state index contributed by atoms with van der Waals surface area (Å²) in [6.07, 6.45) is 2.53. The molecule has 0 bridgehead atoms. The van der Waals surface area contributed by atoms with Crippen LogP contribution in [-0.4, -0.2) is 64.8 Å². The Morgan fingerprint density at radius 1 is 1.15 bits per heavy atom. The van der Waals surface area contributed by atoms with Gasteiger partial charge in [-0.1, -0.05) is 12.1 Å². The molecule has 11 heteroatoms. The molecule has 1 fully saturated rings. The lowest BCUT2D eigenvalue weighted by Gasteiger charge is -2.47. The summed E-state index contributed by atoms with van der Waals surface area (Å²) in [6.45, 7) is 3.85. The van der Waals surface area contributed by atoms with Gasteiger partial charge in [0.15, 0.2) is 0 Å². The van der Waals surface area contributed by atoms with Crippen LogP contribution in [0.2, 0.25) is 0 Å². The Hall–Kier alpha value is -3.22. The van der Waals surface area contributed by atoms with Gasteiger partial charge in [-0.3, -0.25) is 18.2 Å². The number of carbonyl (C=O) groups is 1. The molecule has 218 valence electrons. The van der Waals surface area contributed by atoms with E-state index in [4.69, 9.17) is 9.15 Å². The van der Waals surface area contributed by atoms with Gasteiger partial charge in [-0.2, -0.15) is 0 Å². The average molecular weight is 573 g/mol. The SMILES string of the molecule is CCNc1cc(C(=O)N[C@@H](Cc2ccco2)[C@H](O)CNCc2cccc(OC)c2)cc(N2CCCCS2(O)O)c1. The Balaban J connectivity index is 1.50. The third kappa shape index (κ3) is 7.92. The maximum absolute atomic E-state index is 13.6. The predicted molar refractivity (Wildman–Crippen MR) is 159 cm³/mol. The highest BCUT2D eigenvalue weighted by Crippen LogP contribution is 2.50. The summed E-state index contributed by atoms with van der Waals surface area (Å²) >= 11 is 0. The fourth-order valence-corrected chi connectivity index (χ4v) is 6.44. The molecule has 0 radical (unpaired) electrons. The summed E-state index contributed by atoms with van der Waals surface area (Å²) in [7, 11) is -1.34. The van der Waals surface area contributed by atoms with E-state index < -0.39 is 22.9 Å². The number of amides is 1. The number of benzene rings is 2. The van der Waals surface area contributed by atoms with Crippen molar-refractivity contribution in [3.63, 3.8) is 0 Å². The monoisotopic (exact) mass is 572 g/mol. The second kappa shape index (κ2) is 13.9. The van der Waals surface area contributed by atoms with Gasteiger partial charge in [-0.25, -0.2) is 0 Å². The van der Waals surface area contributed by atoms with Crippen molar-refractivity contribution < 1.29 is 28.2 Å². The molecule has 10 nitrogen and oxygen atoms in total. The molecule has 2 atom stereocenters. The summed E-state index contributed by atoms with van der Waals surface area (Å²) in [5.74, 6) is 1.33. The topological polar surface area (TPSA) is 139 Å². The third-order valence-electron chi connectivity index (χ3n) is 6.83. The number of ether oxygens (including phenoxy) is 1. The second-order valence-corrected chi connectivity index (χ2v) is 12.0. The molecule has 0 saturated carbocycles. The Morgan fingerprint density at radius 3 is 2.73 bits per heavy atom. The van der Waals surface area contributed by atoms with E-state index >= 15 is 0 Å². The van der Waals surface area contributed by atoms with E-state index in [0.29, 0.717) is 54.5 Å². The predicted octanol–water partition coefficient (Wildman–Crippen LogP) is 4.48. The fraction of sp³-hybridized carbons (Fsp3) is 0.414. The zero-order chi connectivity index (χ0) is 28.5. The Bertz CT molecular complexity index is 1240. The highest BCUT2D eigenvalue weighted by atomic mass is 32.3. The maximum Gasteiger partial charge on any atom is 0.251 e. The van der Waals surface area contributed by atoms with Crippen molar-refractivity contribution in [1.29, 1.82) is 0 Å². The molecule has 4 rings (SSSR count). The number of aliphatic hydroxyl groups is 1. The largest absolute Gasteiger partial charge is 0.497 e. The minimum atomic E-state index is -2.95. The fourth-order valence-electron chi connectivity index (χ4n) is 4.77. The first-order valence-corrected chi connectivity index (χ1v) is 15.2. The molecule has 1 saturated heterocycles. The van der Waals surface area contributed by atoms with Gasteiger partial charge < -0.3 is 30.2 Å². The first-order chi connectivity index (χ1) is 19.3. The minimum Gasteiger partial charge on any atom is -0.497 e. The number of furan rings is 1. The summed E-state index contributed by atoms with van der Waals surface area (Å²) in [6, 6.07) is 15.8. The lowest BCUT2D eigenvalue weighted by molar-refractivity contribution is 0.0823. The van der Waals surface area contributed by atoms with E-state index in [1.54, 1.807) is 41.9 Å². The number of anilines is 2. The number of hydrogen-bond donors (Lipinski definition) is 6. The smallest absolute Gasteiger partial charge is 0.251 e. The number of aliphatic hydroxyl groups excluding tert-OH is 1. The van der Waals surface area contributed by atoms with Crippen LogP contribution in [0.1, 0.15) is 41.4 Å². The minimum absolute atomic E-state index is 0.236. The van der Waals surface area contributed by atoms with Gasteiger partial charge in [-0.15, -0.1) is 10.8 Å². The van der Waals surface area contributed by atoms with E-state index in [1.807, 2.05) is 37.3 Å². The van der Waals surface area contributed by atoms with Gasteiger partial charge >= 0.3 is 0 Å². The summed E-state index contributed by atoms with van der Waals surface area (Å²) < 4.78 is 33.7. The van der Waals surface area contributed by atoms with Crippen LogP contribution in [0, 0.1) is 0 Å². The molecule has 1 aliphatic heterocycles. The van der Waals surface area contributed by atoms with Gasteiger partial charge in [-0.05, 0) is 67.8 Å². The molecule has 40 heavy (non-hydrogen) atoms. The van der Waals surface area contributed by atoms with Crippen LogP contribution >= 0.6 is 10.8 Å². The van der Waals surface area contributed by atoms with Crippen molar-refractivity contribution in [2.45, 2.75) is 44.9 Å². The number of carbonyl (C=O) groups excluding carboxylic acids is 1. The molecule has 6 N–H and O–H groups in total. The molecule has 2 aromatic carbocycles. The lowest BCUT2D eigenvalue weighted by Crippen LogP contribution is -2.48. The van der Waals surface area contributed by atoms with Crippen molar-refractivity contribution >= 4 is 28.1 Å². The Labute approximate surface area is 237 Å². The van der Waals surface area contributed by atoms with Crippen molar-refractivity contribution in [2.24, 2.45) is 0 Å². The molecule has 0 spiro atoms. The van der Waals surface area contributed by atoms with Crippen LogP contribution in [0.5, 0.6) is 5.75 Å². The highest BCUT2D eigenvalue weighted by molar-refractivity contribution is 8.25. The van der Waals surface area contributed by atoms with Gasteiger partial charge in [0.1, 0.15) is 11.5 Å². The Kier molecular flexibility index (Phi) is 10.3. The molecule has 2 heterocycles. The summed E-state index contributed by atoms with van der Waals surface area (Å²) in [5.41, 5.74) is 2.64. The molecule has 1 amide bonds. The Morgan fingerprint density at radius 2 is 2.00 bits per heavy atom. The van der Waals surface area contributed by atoms with E-state index in [1.165, 1.54) is 0 Å². The normalized spacial score (nSPS) is 17.1. The van der Waals surface area contributed by atoms with Crippen molar-refractivity contribution in [3.8, 4) is 5.75 Å². The third-order valence-corrected chi connectivity index (χ3v) is 8.77. The van der Waals surface area contributed by atoms with Crippen LogP contribution in [0.25, 0.3) is 0 Å². The molecule has 0 unspecified atom stereocenters. The number of methoxy groups -OCH3 is 1. The highest BCUT2D eigenvalue weighted by Gasteiger charge is 2.29. The van der Waals surface area contributed by atoms with E-state index in [2.05, 4.69) is 16.0 Å².